The van der Waals surface area contributed by atoms with Crippen LogP contribution in [0.4, 0.5) is 0 Å². The monoisotopic (exact) mass is 442 g/mol. The molecule has 0 heterocycles. The van der Waals surface area contributed by atoms with E-state index in [1.807, 2.05) is 0 Å². The molecule has 0 spiro atoms. The van der Waals surface area contributed by atoms with Gasteiger partial charge in [0, 0.05) is 61.3 Å². The van der Waals surface area contributed by atoms with Crippen LogP contribution in [0.5, 0.6) is 0 Å². The number of aliphatic hydroxyl groups excluding tert-OH is 2. The van der Waals surface area contributed by atoms with Crippen molar-refractivity contribution in [3.05, 3.63) is 0 Å². The Labute approximate surface area is 123 Å². The van der Waals surface area contributed by atoms with Crippen molar-refractivity contribution in [3.8, 4) is 0 Å². The fourth-order valence-electron chi connectivity index (χ4n) is 1.57. The summed E-state index contributed by atoms with van der Waals surface area (Å²) in [5.41, 5.74) is 0. The molecular formula is C9H22O5Th. The normalized spacial score (nSPS) is 29.0. The van der Waals surface area contributed by atoms with Gasteiger partial charge in [0.2, 0.25) is 0 Å². The maximum Gasteiger partial charge on any atom is 0.0620 e. The van der Waals surface area contributed by atoms with E-state index in [-0.39, 0.29) is 63.7 Å². The zero-order valence-corrected chi connectivity index (χ0v) is 13.7. The van der Waals surface area contributed by atoms with Crippen LogP contribution in [0.15, 0.2) is 0 Å². The summed E-state index contributed by atoms with van der Waals surface area (Å²) in [6, 6.07) is 0. The van der Waals surface area contributed by atoms with Crippen molar-refractivity contribution < 1.29 is 65.1 Å². The fraction of sp³-hybridized carbons (Fsp3) is 1.00. The molecule has 4 N–H and O–H groups in total. The van der Waals surface area contributed by atoms with Crippen molar-refractivity contribution >= 4 is 0 Å². The molecule has 15 heavy (non-hydrogen) atoms. The first kappa shape index (κ1) is 21.4. The Morgan fingerprint density at radius 3 is 1.53 bits per heavy atom. The minimum absolute atomic E-state index is 0. The summed E-state index contributed by atoms with van der Waals surface area (Å²) >= 11 is 0. The third-order valence-electron chi connectivity index (χ3n) is 2.26. The molecule has 0 bridgehead atoms. The van der Waals surface area contributed by atoms with Gasteiger partial charge in [-0.25, -0.2) is 0 Å². The first-order valence-electron chi connectivity index (χ1n) is 4.44. The van der Waals surface area contributed by atoms with E-state index in [4.69, 9.17) is 14.6 Å². The van der Waals surface area contributed by atoms with Crippen LogP contribution in [0, 0.1) is 39.9 Å². The molecule has 1 unspecified atom stereocenters. The van der Waals surface area contributed by atoms with Gasteiger partial charge in [-0.2, -0.15) is 0 Å². The maximum absolute atomic E-state index is 9.35. The molecule has 3 atom stereocenters. The van der Waals surface area contributed by atoms with Gasteiger partial charge in [0.15, 0.2) is 0 Å². The molecule has 0 aromatic rings. The summed E-state index contributed by atoms with van der Waals surface area (Å²) in [6.45, 7) is 0. The molecule has 0 aromatic carbocycles. The molecule has 0 aliphatic heterocycles. The van der Waals surface area contributed by atoms with Gasteiger partial charge in [-0.3, -0.25) is 0 Å². The summed E-state index contributed by atoms with van der Waals surface area (Å²) in [4.78, 5) is 0. The first-order chi connectivity index (χ1) is 6.26. The Balaban J connectivity index is -0.000000339. The Kier molecular flexibility index (Phi) is 18.8. The van der Waals surface area contributed by atoms with E-state index >= 15 is 0 Å². The molecule has 1 aliphatic carbocycles. The molecule has 0 radical (unpaired) electrons. The minimum atomic E-state index is -0.251. The Hall–Kier alpha value is 1.12. The topological polar surface area (TPSA) is 90.4 Å². The van der Waals surface area contributed by atoms with Crippen LogP contribution in [0.25, 0.3) is 0 Å². The number of aliphatic hydroxyl groups is 2. The first-order valence-corrected chi connectivity index (χ1v) is 4.44. The van der Waals surface area contributed by atoms with Crippen LogP contribution in [0.3, 0.4) is 0 Å². The van der Waals surface area contributed by atoms with E-state index in [0.717, 1.165) is 26.4 Å². The van der Waals surface area contributed by atoms with Gasteiger partial charge in [-0.1, -0.05) is 0 Å². The van der Waals surface area contributed by atoms with Crippen LogP contribution in [-0.4, -0.2) is 55.3 Å². The van der Waals surface area contributed by atoms with Gasteiger partial charge in [-0.05, 0) is 19.3 Å². The molecule has 0 aromatic heterocycles. The van der Waals surface area contributed by atoms with Crippen molar-refractivity contribution in [3.63, 3.8) is 0 Å². The van der Waals surface area contributed by atoms with E-state index in [1.54, 1.807) is 14.2 Å². The van der Waals surface area contributed by atoms with Crippen LogP contribution in [0.2, 0.25) is 0 Å². The third kappa shape index (κ3) is 8.88. The summed E-state index contributed by atoms with van der Waals surface area (Å²) in [5.74, 6) is 0. The van der Waals surface area contributed by atoms with Gasteiger partial charge < -0.3 is 25.2 Å². The predicted molar refractivity (Wildman–Crippen MR) is 53.2 cm³/mol. The maximum atomic E-state index is 9.35. The van der Waals surface area contributed by atoms with Gasteiger partial charge in [0.1, 0.15) is 0 Å². The molecule has 5 nitrogen and oxygen atoms in total. The van der Waals surface area contributed by atoms with Crippen LogP contribution < -0.4 is 0 Å². The van der Waals surface area contributed by atoms with Crippen LogP contribution in [0.1, 0.15) is 19.3 Å². The standard InChI is InChI=1S/C8H16O3.CH4O.H2O.Th/c1-10-7-3-6(9)4-8(5-7)11-2;1-2;;/h6-9H,3-5H2,1-2H3;2H,1H3;1H2;/t6?,7-,8+;;;. The summed E-state index contributed by atoms with van der Waals surface area (Å²) < 4.78 is 10.3. The van der Waals surface area contributed by atoms with Gasteiger partial charge >= 0.3 is 0 Å². The van der Waals surface area contributed by atoms with Crippen molar-refractivity contribution in [1.29, 1.82) is 0 Å². The summed E-state index contributed by atoms with van der Waals surface area (Å²) in [7, 11) is 4.35. The number of rotatable bonds is 2. The second-order valence-corrected chi connectivity index (χ2v) is 3.08. The predicted octanol–water partition coefficient (Wildman–Crippen LogP) is -0.655. The largest absolute Gasteiger partial charge is 0.412 e. The second kappa shape index (κ2) is 13.2. The molecule has 0 amide bonds. The van der Waals surface area contributed by atoms with E-state index < -0.39 is 0 Å². The van der Waals surface area contributed by atoms with E-state index in [2.05, 4.69) is 0 Å². The van der Waals surface area contributed by atoms with E-state index in [9.17, 15) is 5.11 Å². The van der Waals surface area contributed by atoms with Crippen molar-refractivity contribution in [2.45, 2.75) is 37.6 Å². The van der Waals surface area contributed by atoms with Crippen molar-refractivity contribution in [1.82, 2.24) is 0 Å². The van der Waals surface area contributed by atoms with Gasteiger partial charge in [0.25, 0.3) is 0 Å². The molecule has 92 valence electrons. The zero-order valence-electron chi connectivity index (χ0n) is 9.56. The average molecular weight is 442 g/mol. The number of methoxy groups -OCH3 is 2. The molecule has 6 heteroatoms. The van der Waals surface area contributed by atoms with Crippen molar-refractivity contribution in [2.75, 3.05) is 21.3 Å². The molecular weight excluding hydrogens is 420 g/mol. The Bertz CT molecular complexity index is 113. The Morgan fingerprint density at radius 1 is 0.933 bits per heavy atom. The average Bonchev–Trinajstić information content (AvgIpc) is 2.20. The summed E-state index contributed by atoms with van der Waals surface area (Å²) in [5, 5.41) is 16.4. The SMILES string of the molecule is CO.CO[C@@H]1CC(O)C[C@H](OC)C1.O.[Th]. The number of hydrogen-bond acceptors (Lipinski definition) is 4. The zero-order chi connectivity index (χ0) is 10.3. The van der Waals surface area contributed by atoms with E-state index in [0.29, 0.717) is 0 Å². The molecule has 1 saturated carbocycles. The summed E-state index contributed by atoms with van der Waals surface area (Å²) in [6.07, 6.45) is 2.49. The van der Waals surface area contributed by atoms with Crippen molar-refractivity contribution in [2.24, 2.45) is 0 Å². The molecule has 1 fully saturated rings. The third-order valence-corrected chi connectivity index (χ3v) is 2.26. The fourth-order valence-corrected chi connectivity index (χ4v) is 1.57. The van der Waals surface area contributed by atoms with Gasteiger partial charge in [-0.15, -0.1) is 0 Å². The van der Waals surface area contributed by atoms with Gasteiger partial charge in [0.05, 0.1) is 18.3 Å². The van der Waals surface area contributed by atoms with Crippen LogP contribution in [-0.2, 0) is 9.47 Å². The number of ether oxygens (including phenoxy) is 2. The smallest absolute Gasteiger partial charge is 0.0620 e. The van der Waals surface area contributed by atoms with E-state index in [1.165, 1.54) is 0 Å². The number of hydrogen-bond donors (Lipinski definition) is 2. The molecule has 0 saturated heterocycles. The minimum Gasteiger partial charge on any atom is -0.412 e. The second-order valence-electron chi connectivity index (χ2n) is 3.08. The Morgan fingerprint density at radius 2 is 1.27 bits per heavy atom. The quantitative estimate of drug-likeness (QED) is 0.595. The molecule has 1 rings (SSSR count). The van der Waals surface area contributed by atoms with Crippen LogP contribution >= 0.6 is 0 Å². The molecule has 1 aliphatic rings.